The van der Waals surface area contributed by atoms with Crippen molar-refractivity contribution in [2.75, 3.05) is 0 Å². The molecule has 84 valence electrons. The van der Waals surface area contributed by atoms with Crippen LogP contribution in [0.4, 0.5) is 0 Å². The van der Waals surface area contributed by atoms with Gasteiger partial charge in [-0.2, -0.15) is 0 Å². The highest BCUT2D eigenvalue weighted by molar-refractivity contribution is 7.53. The Kier molecular flexibility index (Phi) is 3.75. The third-order valence-electron chi connectivity index (χ3n) is 3.03. The first-order chi connectivity index (χ1) is 6.33. The molecule has 0 aromatic rings. The van der Waals surface area contributed by atoms with E-state index in [1.54, 1.807) is 0 Å². The molecule has 0 aromatic carbocycles. The van der Waals surface area contributed by atoms with Gasteiger partial charge in [0.05, 0.1) is 0 Å². The van der Waals surface area contributed by atoms with Gasteiger partial charge in [-0.05, 0) is 19.3 Å². The summed E-state index contributed by atoms with van der Waals surface area (Å²) in [5.74, 6) is 0.270. The van der Waals surface area contributed by atoms with Crippen LogP contribution in [-0.4, -0.2) is 20.2 Å². The van der Waals surface area contributed by atoms with Gasteiger partial charge in [0.1, 0.15) is 0 Å². The minimum absolute atomic E-state index is 0.220. The normalized spacial score (nSPS) is 24.6. The largest absolute Gasteiger partial charge is 0.377 e. The molecular formula is C9H19O4P. The van der Waals surface area contributed by atoms with Gasteiger partial charge in [0.15, 0.2) is 5.34 Å². The molecule has 1 rings (SSSR count). The summed E-state index contributed by atoms with van der Waals surface area (Å²) in [4.78, 5) is 17.9. The first kappa shape index (κ1) is 12.2. The van der Waals surface area contributed by atoms with Crippen molar-refractivity contribution in [1.82, 2.24) is 0 Å². The summed E-state index contributed by atoms with van der Waals surface area (Å²) in [6.45, 7) is 1.24. The third-order valence-corrected chi connectivity index (χ3v) is 4.47. The Morgan fingerprint density at radius 1 is 1.29 bits per heavy atom. The van der Waals surface area contributed by atoms with Crippen LogP contribution >= 0.6 is 7.60 Å². The molecule has 0 aliphatic heterocycles. The van der Waals surface area contributed by atoms with E-state index in [4.69, 9.17) is 9.79 Å². The van der Waals surface area contributed by atoms with E-state index in [2.05, 4.69) is 0 Å². The lowest BCUT2D eigenvalue weighted by Crippen LogP contribution is -2.28. The molecule has 3 N–H and O–H groups in total. The minimum atomic E-state index is -4.38. The molecule has 0 saturated heterocycles. The zero-order valence-corrected chi connectivity index (χ0v) is 9.41. The second kappa shape index (κ2) is 4.31. The molecular weight excluding hydrogens is 203 g/mol. The van der Waals surface area contributed by atoms with Crippen molar-refractivity contribution in [3.8, 4) is 0 Å². The predicted octanol–water partition coefficient (Wildman–Crippen LogP) is 1.84. The smallest absolute Gasteiger partial charge is 0.356 e. The lowest BCUT2D eigenvalue weighted by Gasteiger charge is -2.30. The molecule has 0 amide bonds. The second-order valence-corrected chi connectivity index (χ2v) is 6.52. The van der Waals surface area contributed by atoms with E-state index in [1.165, 1.54) is 13.3 Å². The molecule has 14 heavy (non-hydrogen) atoms. The topological polar surface area (TPSA) is 77.8 Å². The van der Waals surface area contributed by atoms with Crippen LogP contribution in [-0.2, 0) is 4.57 Å². The van der Waals surface area contributed by atoms with Crippen LogP contribution in [0.2, 0.25) is 0 Å². The van der Waals surface area contributed by atoms with Crippen LogP contribution in [0.1, 0.15) is 45.4 Å². The lowest BCUT2D eigenvalue weighted by molar-refractivity contribution is 0.0749. The monoisotopic (exact) mass is 222 g/mol. The van der Waals surface area contributed by atoms with Crippen LogP contribution in [0.3, 0.4) is 0 Å². The summed E-state index contributed by atoms with van der Waals surface area (Å²) in [5, 5.41) is 7.80. The van der Waals surface area contributed by atoms with E-state index in [0.29, 0.717) is 0 Å². The Bertz CT molecular complexity index is 227. The van der Waals surface area contributed by atoms with Crippen LogP contribution in [0.25, 0.3) is 0 Å². The summed E-state index contributed by atoms with van der Waals surface area (Å²) < 4.78 is 11.0. The van der Waals surface area contributed by atoms with Gasteiger partial charge in [-0.1, -0.05) is 32.1 Å². The molecule has 1 saturated carbocycles. The van der Waals surface area contributed by atoms with Gasteiger partial charge in [-0.3, -0.25) is 4.57 Å². The van der Waals surface area contributed by atoms with Gasteiger partial charge in [-0.15, -0.1) is 0 Å². The van der Waals surface area contributed by atoms with Gasteiger partial charge in [-0.25, -0.2) is 0 Å². The summed E-state index contributed by atoms with van der Waals surface area (Å²) in [7, 11) is -4.38. The van der Waals surface area contributed by atoms with Gasteiger partial charge in [0.2, 0.25) is 0 Å². The van der Waals surface area contributed by atoms with Crippen molar-refractivity contribution in [2.24, 2.45) is 5.92 Å². The summed E-state index contributed by atoms with van der Waals surface area (Å²) in [5.41, 5.74) is 0. The molecule has 1 aliphatic rings. The number of hydrogen-bond acceptors (Lipinski definition) is 2. The third kappa shape index (κ3) is 3.06. The van der Waals surface area contributed by atoms with Crippen molar-refractivity contribution in [2.45, 2.75) is 50.8 Å². The summed E-state index contributed by atoms with van der Waals surface area (Å²) in [6.07, 6.45) is 5.61. The van der Waals surface area contributed by atoms with Gasteiger partial charge in [0, 0.05) is 0 Å². The quantitative estimate of drug-likeness (QED) is 0.637. The molecule has 1 atom stereocenters. The summed E-state index contributed by atoms with van der Waals surface area (Å²) in [6, 6.07) is 0. The maximum absolute atomic E-state index is 11.0. The van der Waals surface area contributed by atoms with Crippen LogP contribution < -0.4 is 0 Å². The van der Waals surface area contributed by atoms with Crippen molar-refractivity contribution in [1.29, 1.82) is 0 Å². The molecule has 0 bridgehead atoms. The fourth-order valence-corrected chi connectivity index (χ4v) is 2.55. The van der Waals surface area contributed by atoms with Crippen LogP contribution in [0.15, 0.2) is 0 Å². The second-order valence-electron chi connectivity index (χ2n) is 4.47. The Morgan fingerprint density at radius 2 is 1.79 bits per heavy atom. The zero-order chi connectivity index (χ0) is 10.8. The first-order valence-corrected chi connectivity index (χ1v) is 6.72. The fourth-order valence-electron chi connectivity index (χ4n) is 2.06. The molecule has 1 fully saturated rings. The van der Waals surface area contributed by atoms with Crippen molar-refractivity contribution >= 4 is 7.60 Å². The lowest BCUT2D eigenvalue weighted by atomic mass is 9.85. The molecule has 5 heteroatoms. The van der Waals surface area contributed by atoms with Crippen molar-refractivity contribution < 1.29 is 19.5 Å². The Morgan fingerprint density at radius 3 is 2.21 bits per heavy atom. The summed E-state index contributed by atoms with van der Waals surface area (Å²) >= 11 is 0. The molecule has 1 unspecified atom stereocenters. The average Bonchev–Trinajstić information content (AvgIpc) is 2.03. The van der Waals surface area contributed by atoms with Gasteiger partial charge >= 0.3 is 7.60 Å². The van der Waals surface area contributed by atoms with Crippen LogP contribution in [0, 0.1) is 5.92 Å². The highest BCUT2D eigenvalue weighted by atomic mass is 31.2. The van der Waals surface area contributed by atoms with Crippen molar-refractivity contribution in [3.63, 3.8) is 0 Å². The number of rotatable bonds is 3. The highest BCUT2D eigenvalue weighted by Crippen LogP contribution is 2.52. The molecule has 0 aromatic heterocycles. The van der Waals surface area contributed by atoms with E-state index in [0.717, 1.165) is 25.7 Å². The molecule has 0 spiro atoms. The van der Waals surface area contributed by atoms with Crippen LogP contribution in [0.5, 0.6) is 0 Å². The highest BCUT2D eigenvalue weighted by Gasteiger charge is 2.41. The minimum Gasteiger partial charge on any atom is -0.377 e. The van der Waals surface area contributed by atoms with E-state index in [1.807, 2.05) is 0 Å². The Labute approximate surface area is 84.5 Å². The van der Waals surface area contributed by atoms with E-state index in [-0.39, 0.29) is 12.3 Å². The standard InChI is InChI=1S/C9H19O4P/c1-9(10,14(11,12)13)7-8-5-3-2-4-6-8/h8,10H,2-7H2,1H3,(H2,11,12,13). The molecule has 4 nitrogen and oxygen atoms in total. The van der Waals surface area contributed by atoms with Gasteiger partial charge in [0.25, 0.3) is 0 Å². The molecule has 1 aliphatic carbocycles. The maximum Gasteiger partial charge on any atom is 0.356 e. The number of aliphatic hydroxyl groups is 1. The Balaban J connectivity index is 2.53. The molecule has 0 heterocycles. The number of hydrogen-bond donors (Lipinski definition) is 3. The van der Waals surface area contributed by atoms with E-state index in [9.17, 15) is 9.67 Å². The Hall–Kier alpha value is 0.110. The van der Waals surface area contributed by atoms with E-state index < -0.39 is 12.9 Å². The maximum atomic E-state index is 11.0. The van der Waals surface area contributed by atoms with E-state index >= 15 is 0 Å². The molecule has 0 radical (unpaired) electrons. The predicted molar refractivity (Wildman–Crippen MR) is 53.9 cm³/mol. The van der Waals surface area contributed by atoms with Gasteiger partial charge < -0.3 is 14.9 Å². The SMILES string of the molecule is CC(O)(CC1CCCCC1)P(=O)(O)O. The first-order valence-electron chi connectivity index (χ1n) is 5.11. The zero-order valence-electron chi connectivity index (χ0n) is 8.52. The van der Waals surface area contributed by atoms with Crippen molar-refractivity contribution in [3.05, 3.63) is 0 Å². The average molecular weight is 222 g/mol. The fraction of sp³-hybridized carbons (Fsp3) is 1.00.